The van der Waals surface area contributed by atoms with Crippen LogP contribution in [-0.4, -0.2) is 22.6 Å². The quantitative estimate of drug-likeness (QED) is 0.624. The Morgan fingerprint density at radius 2 is 2.14 bits per heavy atom. The zero-order chi connectivity index (χ0) is 15.6. The maximum Gasteiger partial charge on any atom is 0.340 e. The molecule has 0 bridgehead atoms. The van der Waals surface area contributed by atoms with Crippen LogP contribution in [0.1, 0.15) is 15.9 Å². The molecule has 0 fully saturated rings. The number of rotatable bonds is 3. The molecular formula is C13H12BrN3O4. The molecule has 0 atom stereocenters. The van der Waals surface area contributed by atoms with E-state index >= 15 is 0 Å². The highest BCUT2D eigenvalue weighted by Crippen LogP contribution is 2.19. The van der Waals surface area contributed by atoms with Crippen molar-refractivity contribution in [3.63, 3.8) is 0 Å². The standard InChI is InChI=1S/C13H12BrN3O4/c1-21-12(19)10-7(3-2-4-9(10)15)5-17-6-8(14)11(18)16-13(17)20/h2-4,6H,5,15H2,1H3,(H,16,18,20). The third-order valence-electron chi connectivity index (χ3n) is 2.88. The second-order valence-corrected chi connectivity index (χ2v) is 5.09. The summed E-state index contributed by atoms with van der Waals surface area (Å²) < 4.78 is 6.17. The number of aromatic amines is 1. The SMILES string of the molecule is COC(=O)c1c(N)cccc1Cn1cc(Br)c(=O)[nH]c1=O. The average molecular weight is 354 g/mol. The summed E-state index contributed by atoms with van der Waals surface area (Å²) in [6.45, 7) is 0.0731. The van der Waals surface area contributed by atoms with Crippen LogP contribution in [-0.2, 0) is 11.3 Å². The normalized spacial score (nSPS) is 10.4. The van der Waals surface area contributed by atoms with Gasteiger partial charge in [0.25, 0.3) is 5.56 Å². The van der Waals surface area contributed by atoms with E-state index in [2.05, 4.69) is 20.9 Å². The molecule has 1 heterocycles. The number of methoxy groups -OCH3 is 1. The Balaban J connectivity index is 2.53. The Morgan fingerprint density at radius 3 is 2.81 bits per heavy atom. The predicted molar refractivity (Wildman–Crippen MR) is 80.3 cm³/mol. The lowest BCUT2D eigenvalue weighted by molar-refractivity contribution is 0.0600. The molecule has 0 aliphatic rings. The van der Waals surface area contributed by atoms with Crippen molar-refractivity contribution in [3.8, 4) is 0 Å². The van der Waals surface area contributed by atoms with E-state index < -0.39 is 17.2 Å². The number of benzene rings is 1. The van der Waals surface area contributed by atoms with E-state index in [-0.39, 0.29) is 22.3 Å². The summed E-state index contributed by atoms with van der Waals surface area (Å²) in [6.07, 6.45) is 1.35. The number of halogens is 1. The molecule has 1 aromatic heterocycles. The van der Waals surface area contributed by atoms with Gasteiger partial charge in [-0.1, -0.05) is 12.1 Å². The number of hydrogen-bond donors (Lipinski definition) is 2. The number of nitrogen functional groups attached to an aromatic ring is 1. The van der Waals surface area contributed by atoms with Crippen LogP contribution in [0.15, 0.2) is 38.5 Å². The van der Waals surface area contributed by atoms with Crippen LogP contribution in [0.2, 0.25) is 0 Å². The van der Waals surface area contributed by atoms with Crippen LogP contribution in [0.3, 0.4) is 0 Å². The van der Waals surface area contributed by atoms with E-state index in [1.165, 1.54) is 17.9 Å². The summed E-state index contributed by atoms with van der Waals surface area (Å²) in [5, 5.41) is 0. The first-order valence-electron chi connectivity index (χ1n) is 5.89. The minimum atomic E-state index is -0.584. The van der Waals surface area contributed by atoms with Gasteiger partial charge < -0.3 is 10.5 Å². The lowest BCUT2D eigenvalue weighted by Crippen LogP contribution is -2.30. The zero-order valence-electron chi connectivity index (χ0n) is 11.1. The molecule has 2 rings (SSSR count). The van der Waals surface area contributed by atoms with Crippen molar-refractivity contribution < 1.29 is 9.53 Å². The Morgan fingerprint density at radius 1 is 1.43 bits per heavy atom. The highest BCUT2D eigenvalue weighted by atomic mass is 79.9. The van der Waals surface area contributed by atoms with E-state index in [0.29, 0.717) is 5.56 Å². The highest BCUT2D eigenvalue weighted by molar-refractivity contribution is 9.10. The molecule has 1 aromatic carbocycles. The minimum Gasteiger partial charge on any atom is -0.465 e. The summed E-state index contributed by atoms with van der Waals surface area (Å²) in [5.41, 5.74) is 5.67. The number of esters is 1. The molecule has 0 radical (unpaired) electrons. The van der Waals surface area contributed by atoms with E-state index in [9.17, 15) is 14.4 Å². The Bertz CT molecular complexity index is 810. The van der Waals surface area contributed by atoms with E-state index in [1.807, 2.05) is 0 Å². The first kappa shape index (κ1) is 15.0. The van der Waals surface area contributed by atoms with Crippen molar-refractivity contribution >= 4 is 27.6 Å². The van der Waals surface area contributed by atoms with Gasteiger partial charge in [0.15, 0.2) is 0 Å². The topological polar surface area (TPSA) is 107 Å². The first-order valence-corrected chi connectivity index (χ1v) is 6.68. The summed E-state index contributed by atoms with van der Waals surface area (Å²) in [7, 11) is 1.25. The summed E-state index contributed by atoms with van der Waals surface area (Å²) in [6, 6.07) is 4.90. The molecule has 3 N–H and O–H groups in total. The average Bonchev–Trinajstić information content (AvgIpc) is 2.44. The maximum atomic E-state index is 11.8. The van der Waals surface area contributed by atoms with Crippen molar-refractivity contribution in [2.75, 3.05) is 12.8 Å². The molecule has 0 unspecified atom stereocenters. The van der Waals surface area contributed by atoms with Crippen molar-refractivity contribution in [2.45, 2.75) is 6.54 Å². The van der Waals surface area contributed by atoms with Crippen LogP contribution < -0.4 is 17.0 Å². The molecular weight excluding hydrogens is 342 g/mol. The van der Waals surface area contributed by atoms with E-state index in [0.717, 1.165) is 0 Å². The number of anilines is 1. The van der Waals surface area contributed by atoms with Crippen LogP contribution in [0, 0.1) is 0 Å². The predicted octanol–water partition coefficient (Wildman–Crippen LogP) is 0.716. The van der Waals surface area contributed by atoms with Gasteiger partial charge in [-0.15, -0.1) is 0 Å². The molecule has 0 spiro atoms. The second-order valence-electron chi connectivity index (χ2n) is 4.24. The van der Waals surface area contributed by atoms with Crippen LogP contribution in [0.5, 0.6) is 0 Å². The van der Waals surface area contributed by atoms with Gasteiger partial charge in [-0.25, -0.2) is 9.59 Å². The number of aromatic nitrogens is 2. The van der Waals surface area contributed by atoms with Gasteiger partial charge in [-0.2, -0.15) is 0 Å². The second kappa shape index (κ2) is 5.96. The van der Waals surface area contributed by atoms with Crippen molar-refractivity contribution in [2.24, 2.45) is 0 Å². The summed E-state index contributed by atoms with van der Waals surface area (Å²) >= 11 is 3.05. The van der Waals surface area contributed by atoms with E-state index in [4.69, 9.17) is 10.5 Å². The monoisotopic (exact) mass is 353 g/mol. The smallest absolute Gasteiger partial charge is 0.340 e. The molecule has 0 amide bonds. The highest BCUT2D eigenvalue weighted by Gasteiger charge is 2.16. The molecule has 0 aliphatic carbocycles. The number of nitrogens with two attached hydrogens (primary N) is 1. The van der Waals surface area contributed by atoms with E-state index in [1.54, 1.807) is 18.2 Å². The van der Waals surface area contributed by atoms with Gasteiger partial charge >= 0.3 is 11.7 Å². The van der Waals surface area contributed by atoms with Gasteiger partial charge in [0, 0.05) is 11.9 Å². The van der Waals surface area contributed by atoms with Crippen LogP contribution in [0.25, 0.3) is 0 Å². The molecule has 7 nitrogen and oxygen atoms in total. The minimum absolute atomic E-state index is 0.0731. The van der Waals surface area contributed by atoms with Crippen LogP contribution in [0.4, 0.5) is 5.69 Å². The molecule has 0 saturated heterocycles. The van der Waals surface area contributed by atoms with Crippen molar-refractivity contribution in [3.05, 3.63) is 60.8 Å². The lowest BCUT2D eigenvalue weighted by Gasteiger charge is -2.12. The third kappa shape index (κ3) is 3.05. The Hall–Kier alpha value is -2.35. The molecule has 0 saturated carbocycles. The van der Waals surface area contributed by atoms with Crippen molar-refractivity contribution in [1.29, 1.82) is 0 Å². The summed E-state index contributed by atoms with van der Waals surface area (Å²) in [4.78, 5) is 37.0. The van der Waals surface area contributed by atoms with Gasteiger partial charge in [0.05, 0.1) is 23.7 Å². The number of carbonyl (C=O) groups excluding carboxylic acids is 1. The number of nitrogens with one attached hydrogen (secondary N) is 1. The van der Waals surface area contributed by atoms with Gasteiger partial charge in [-0.3, -0.25) is 14.3 Å². The Labute approximate surface area is 127 Å². The van der Waals surface area contributed by atoms with Crippen molar-refractivity contribution in [1.82, 2.24) is 9.55 Å². The van der Waals surface area contributed by atoms with Gasteiger partial charge in [0.1, 0.15) is 0 Å². The fraction of sp³-hybridized carbons (Fsp3) is 0.154. The number of H-pyrrole nitrogens is 1. The molecule has 21 heavy (non-hydrogen) atoms. The van der Waals surface area contributed by atoms with Gasteiger partial charge in [-0.05, 0) is 27.6 Å². The largest absolute Gasteiger partial charge is 0.465 e. The van der Waals surface area contributed by atoms with Gasteiger partial charge in [0.2, 0.25) is 0 Å². The molecule has 2 aromatic rings. The molecule has 110 valence electrons. The Kier molecular flexibility index (Phi) is 4.27. The molecule has 0 aliphatic heterocycles. The fourth-order valence-corrected chi connectivity index (χ4v) is 2.23. The number of nitrogens with zero attached hydrogens (tertiary/aromatic N) is 1. The summed E-state index contributed by atoms with van der Waals surface area (Å²) in [5.74, 6) is -0.584. The fourth-order valence-electron chi connectivity index (χ4n) is 1.89. The number of hydrogen-bond acceptors (Lipinski definition) is 5. The van der Waals surface area contributed by atoms with Crippen LogP contribution >= 0.6 is 15.9 Å². The third-order valence-corrected chi connectivity index (χ3v) is 3.45. The zero-order valence-corrected chi connectivity index (χ0v) is 12.6. The lowest BCUT2D eigenvalue weighted by atomic mass is 10.1. The molecule has 8 heteroatoms. The number of carbonyl (C=O) groups is 1. The first-order chi connectivity index (χ1) is 9.93. The number of ether oxygens (including phenoxy) is 1. The maximum absolute atomic E-state index is 11.8.